The highest BCUT2D eigenvalue weighted by atomic mass is 35.5. The lowest BCUT2D eigenvalue weighted by molar-refractivity contribution is -0.112. The van der Waals surface area contributed by atoms with Crippen LogP contribution in [0.1, 0.15) is 50.0 Å². The van der Waals surface area contributed by atoms with Crippen LogP contribution in [0.3, 0.4) is 0 Å². The topological polar surface area (TPSA) is 193 Å². The Morgan fingerprint density at radius 3 is 2.28 bits per heavy atom. The second kappa shape index (κ2) is 21.0. The smallest absolute Gasteiger partial charge is 0.405 e. The molecule has 2 aromatic carbocycles. The number of halogens is 2. The van der Waals surface area contributed by atoms with Gasteiger partial charge in [0.25, 0.3) is 11.8 Å². The Morgan fingerprint density at radius 1 is 1.06 bits per heavy atom. The maximum absolute atomic E-state index is 13.6. The van der Waals surface area contributed by atoms with Gasteiger partial charge in [0.05, 0.1) is 23.6 Å². The van der Waals surface area contributed by atoms with Crippen molar-refractivity contribution >= 4 is 58.2 Å². The van der Waals surface area contributed by atoms with Crippen LogP contribution in [0.2, 0.25) is 0 Å². The molecule has 1 heterocycles. The van der Waals surface area contributed by atoms with E-state index in [9.17, 15) is 29.7 Å². The maximum Gasteiger partial charge on any atom is 0.405 e. The number of ether oxygens (including phenoxy) is 3. The second-order valence-electron chi connectivity index (χ2n) is 13.3. The Labute approximate surface area is 326 Å². The van der Waals surface area contributed by atoms with E-state index in [-0.39, 0.29) is 58.3 Å². The van der Waals surface area contributed by atoms with Crippen molar-refractivity contribution in [2.45, 2.75) is 65.0 Å². The Hall–Kier alpha value is -4.27. The van der Waals surface area contributed by atoms with Gasteiger partial charge in [0, 0.05) is 73.4 Å². The number of aliphatic hydroxyl groups is 1. The van der Waals surface area contributed by atoms with Gasteiger partial charge in [-0.25, -0.2) is 4.79 Å². The molecule has 15 heteroatoms. The third-order valence-corrected chi connectivity index (χ3v) is 9.61. The molecule has 6 atom stereocenters. The lowest BCUT2D eigenvalue weighted by Gasteiger charge is -2.29. The fourth-order valence-corrected chi connectivity index (χ4v) is 6.74. The van der Waals surface area contributed by atoms with E-state index in [0.29, 0.717) is 30.4 Å². The average Bonchev–Trinajstić information content (AvgIpc) is 3.13. The number of aliphatic hydroxyl groups excluding tert-OH is 1. The van der Waals surface area contributed by atoms with E-state index in [1.807, 2.05) is 11.8 Å². The van der Waals surface area contributed by atoms with E-state index < -0.39 is 48.2 Å². The molecule has 0 radical (unpaired) electrons. The summed E-state index contributed by atoms with van der Waals surface area (Å²) in [5, 5.41) is 39.7. The SMILES string of the molecule is CO[C@H]1C=CC=C(C)C(=O)Nc2cc(O)c(NC(=O)c3ccc(N(CCCl)CCCl)cc3)c(c2O)C[C@@H](C)C[C@H](OC)[C@H](O)[C@@H](C)C=C(C)[C@@H]1OC(N)=O. The zero-order valence-corrected chi connectivity index (χ0v) is 33.0. The molecule has 1 aliphatic rings. The Morgan fingerprint density at radius 2 is 1.70 bits per heavy atom. The number of carbonyl (C=O) groups is 3. The van der Waals surface area contributed by atoms with Crippen LogP contribution in [0, 0.1) is 11.8 Å². The van der Waals surface area contributed by atoms with Crippen LogP contribution in [0.4, 0.5) is 21.9 Å². The van der Waals surface area contributed by atoms with E-state index in [0.717, 1.165) is 11.8 Å². The van der Waals surface area contributed by atoms with Crippen LogP contribution in [0.15, 0.2) is 65.8 Å². The molecule has 0 fully saturated rings. The number of benzene rings is 2. The molecule has 0 aliphatic carbocycles. The molecule has 2 bridgehead atoms. The number of amides is 3. The van der Waals surface area contributed by atoms with Crippen molar-refractivity contribution in [2.75, 3.05) is 54.6 Å². The summed E-state index contributed by atoms with van der Waals surface area (Å²) in [5.41, 5.74) is 7.34. The Kier molecular flexibility index (Phi) is 17.2. The fourth-order valence-electron chi connectivity index (χ4n) is 6.33. The van der Waals surface area contributed by atoms with Crippen LogP contribution < -0.4 is 21.3 Å². The number of alkyl halides is 2. The zero-order chi connectivity index (χ0) is 40.1. The number of phenols is 2. The maximum atomic E-state index is 13.6. The number of carbonyl (C=O) groups excluding carboxylic acids is 3. The van der Waals surface area contributed by atoms with Crippen LogP contribution in [-0.2, 0) is 25.4 Å². The molecule has 0 unspecified atom stereocenters. The predicted octanol–water partition coefficient (Wildman–Crippen LogP) is 6.09. The summed E-state index contributed by atoms with van der Waals surface area (Å²) in [5.74, 6) is -1.89. The van der Waals surface area contributed by atoms with Gasteiger partial charge in [0.1, 0.15) is 17.6 Å². The van der Waals surface area contributed by atoms with Gasteiger partial charge in [-0.3, -0.25) is 9.59 Å². The van der Waals surface area contributed by atoms with Gasteiger partial charge < -0.3 is 50.8 Å². The van der Waals surface area contributed by atoms with Crippen molar-refractivity contribution in [3.05, 3.63) is 76.9 Å². The monoisotopic (exact) mass is 790 g/mol. The predicted molar refractivity (Wildman–Crippen MR) is 212 cm³/mol. The number of rotatable bonds is 10. The minimum Gasteiger partial charge on any atom is -0.506 e. The molecule has 0 spiro atoms. The summed E-state index contributed by atoms with van der Waals surface area (Å²) in [6.07, 6.45) is 2.26. The molecule has 0 saturated carbocycles. The number of methoxy groups -OCH3 is 2. The number of hydrogen-bond donors (Lipinski definition) is 6. The first-order chi connectivity index (χ1) is 25.6. The molecule has 7 N–H and O–H groups in total. The standard InChI is InChI=1S/C39H52Cl2N4O9/c1-22-18-28-33(44-38(50)26-10-12-27(13-11-26)45(16-14-40)17-15-41)30(46)21-29(35(28)48)43-37(49)23(2)8-7-9-31(52-5)36(54-39(42)51)25(4)20-24(3)34(47)32(19-22)53-6/h7-13,20-22,24,31-32,34,36,46-48H,14-19H2,1-6H3,(H2,42,51)(H,43,49)(H,44,50)/t22-,24+,31+,32+,34-,36+/m1/s1. The summed E-state index contributed by atoms with van der Waals surface area (Å²) < 4.78 is 16.7. The highest BCUT2D eigenvalue weighted by Gasteiger charge is 2.30. The first kappa shape index (κ1) is 44.1. The molecular formula is C39H52Cl2N4O9. The molecule has 13 nitrogen and oxygen atoms in total. The second-order valence-corrected chi connectivity index (χ2v) is 14.1. The number of aromatic hydroxyl groups is 2. The lowest BCUT2D eigenvalue weighted by Crippen LogP contribution is -2.37. The minimum atomic E-state index is -1.02. The minimum absolute atomic E-state index is 0.0361. The highest BCUT2D eigenvalue weighted by molar-refractivity contribution is 6.18. The first-order valence-corrected chi connectivity index (χ1v) is 18.6. The van der Waals surface area contributed by atoms with Crippen molar-refractivity contribution < 1.29 is 43.9 Å². The van der Waals surface area contributed by atoms with Gasteiger partial charge >= 0.3 is 6.09 Å². The van der Waals surface area contributed by atoms with Crippen molar-refractivity contribution in [3.63, 3.8) is 0 Å². The quantitative estimate of drug-likeness (QED) is 0.0710. The summed E-state index contributed by atoms with van der Waals surface area (Å²) in [6.45, 7) is 8.06. The van der Waals surface area contributed by atoms with E-state index in [1.54, 1.807) is 63.3 Å². The molecular weight excluding hydrogens is 739 g/mol. The number of nitrogens with two attached hydrogens (primary N) is 1. The first-order valence-electron chi connectivity index (χ1n) is 17.6. The summed E-state index contributed by atoms with van der Waals surface area (Å²) >= 11 is 11.9. The highest BCUT2D eigenvalue weighted by Crippen LogP contribution is 2.43. The van der Waals surface area contributed by atoms with Crippen molar-refractivity contribution in [1.82, 2.24) is 0 Å². The third kappa shape index (κ3) is 11.9. The van der Waals surface area contributed by atoms with Gasteiger partial charge in [-0.1, -0.05) is 38.2 Å². The Balaban J connectivity index is 2.08. The number of nitrogens with zero attached hydrogens (tertiary/aromatic N) is 1. The van der Waals surface area contributed by atoms with Gasteiger partial charge in [-0.05, 0) is 62.4 Å². The van der Waals surface area contributed by atoms with E-state index >= 15 is 0 Å². The molecule has 3 amide bonds. The van der Waals surface area contributed by atoms with E-state index in [4.69, 9.17) is 43.1 Å². The molecule has 2 aromatic rings. The van der Waals surface area contributed by atoms with Crippen molar-refractivity contribution in [2.24, 2.45) is 17.6 Å². The number of hydrogen-bond acceptors (Lipinski definition) is 10. The normalized spacial score (nSPS) is 22.8. The van der Waals surface area contributed by atoms with E-state index in [2.05, 4.69) is 10.6 Å². The van der Waals surface area contributed by atoms with Gasteiger partial charge in [0.15, 0.2) is 6.10 Å². The van der Waals surface area contributed by atoms with Crippen LogP contribution in [0.25, 0.3) is 0 Å². The summed E-state index contributed by atoms with van der Waals surface area (Å²) in [6, 6.07) is 7.97. The van der Waals surface area contributed by atoms with Gasteiger partial charge in [-0.2, -0.15) is 0 Å². The summed E-state index contributed by atoms with van der Waals surface area (Å²) in [4.78, 5) is 40.7. The molecule has 3 rings (SSSR count). The molecule has 0 aromatic heterocycles. The lowest BCUT2D eigenvalue weighted by atomic mass is 9.87. The summed E-state index contributed by atoms with van der Waals surface area (Å²) in [7, 11) is 2.90. The zero-order valence-electron chi connectivity index (χ0n) is 31.5. The molecule has 54 heavy (non-hydrogen) atoms. The Bertz CT molecular complexity index is 1690. The van der Waals surface area contributed by atoms with Crippen LogP contribution >= 0.6 is 23.2 Å². The van der Waals surface area contributed by atoms with E-state index in [1.165, 1.54) is 20.3 Å². The number of fused-ring (bicyclic) bond motifs is 2. The average molecular weight is 792 g/mol. The van der Waals surface area contributed by atoms with Crippen LogP contribution in [0.5, 0.6) is 11.5 Å². The number of allylic oxidation sites excluding steroid dienone is 2. The van der Waals surface area contributed by atoms with Crippen molar-refractivity contribution in [3.8, 4) is 11.5 Å². The number of phenolic OH excluding ortho intramolecular Hbond substituents is 2. The van der Waals surface area contributed by atoms with Gasteiger partial charge in [-0.15, -0.1) is 23.2 Å². The number of nitrogens with one attached hydrogen (secondary N) is 2. The number of anilines is 3. The third-order valence-electron chi connectivity index (χ3n) is 9.27. The number of primary amides is 1. The molecule has 296 valence electrons. The molecule has 0 saturated heterocycles. The molecule has 1 aliphatic heterocycles. The van der Waals surface area contributed by atoms with Crippen molar-refractivity contribution in [1.29, 1.82) is 0 Å². The largest absolute Gasteiger partial charge is 0.506 e. The van der Waals surface area contributed by atoms with Gasteiger partial charge in [0.2, 0.25) is 0 Å². The fraction of sp³-hybridized carbons (Fsp3) is 0.462. The van der Waals surface area contributed by atoms with Crippen LogP contribution in [-0.4, -0.2) is 96.7 Å².